The minimum Gasteiger partial charge on any atom is -0.351 e. The fraction of sp³-hybridized carbons (Fsp3) is 0.185. The van der Waals surface area contributed by atoms with Crippen LogP contribution in [0.1, 0.15) is 29.0 Å². The van der Waals surface area contributed by atoms with Gasteiger partial charge in [0, 0.05) is 34.9 Å². The summed E-state index contributed by atoms with van der Waals surface area (Å²) < 4.78 is 1.39. The summed E-state index contributed by atoms with van der Waals surface area (Å²) in [4.78, 5) is 55.1. The molecule has 12 heteroatoms. The molecule has 1 N–H and O–H groups in total. The van der Waals surface area contributed by atoms with E-state index in [1.165, 1.54) is 33.3 Å². The third-order valence-electron chi connectivity index (χ3n) is 6.26. The van der Waals surface area contributed by atoms with E-state index in [-0.39, 0.29) is 23.8 Å². The van der Waals surface area contributed by atoms with Crippen LogP contribution in [0.5, 0.6) is 0 Å². The van der Waals surface area contributed by atoms with Crippen molar-refractivity contribution < 1.29 is 9.59 Å². The molecular formula is C27H21ClN6O3S2. The summed E-state index contributed by atoms with van der Waals surface area (Å²) in [7, 11) is 0. The minimum absolute atomic E-state index is 0.125. The molecule has 1 aromatic carbocycles. The fourth-order valence-electron chi connectivity index (χ4n) is 4.38. The van der Waals surface area contributed by atoms with Crippen LogP contribution in [-0.2, 0) is 21.9 Å². The van der Waals surface area contributed by atoms with Gasteiger partial charge in [0.1, 0.15) is 17.5 Å². The second-order valence-corrected chi connectivity index (χ2v) is 11.3. The number of fused-ring (bicyclic) bond motifs is 4. The van der Waals surface area contributed by atoms with Gasteiger partial charge in [-0.2, -0.15) is 0 Å². The highest BCUT2D eigenvalue weighted by Crippen LogP contribution is 2.35. The Hall–Kier alpha value is -3.80. The Morgan fingerprint density at radius 3 is 2.85 bits per heavy atom. The average Bonchev–Trinajstić information content (AvgIpc) is 3.58. The predicted octanol–water partition coefficient (Wildman–Crippen LogP) is 4.40. The largest absolute Gasteiger partial charge is 0.351 e. The number of carbonyl (C=O) groups excluding carboxylic acids is 2. The molecule has 5 heterocycles. The van der Waals surface area contributed by atoms with Crippen molar-refractivity contribution in [3.63, 3.8) is 0 Å². The van der Waals surface area contributed by atoms with Crippen molar-refractivity contribution >= 4 is 68.9 Å². The van der Waals surface area contributed by atoms with Crippen LogP contribution < -0.4 is 10.9 Å². The Bertz CT molecular complexity index is 1720. The van der Waals surface area contributed by atoms with E-state index < -0.39 is 6.04 Å². The van der Waals surface area contributed by atoms with Crippen molar-refractivity contribution in [2.45, 2.75) is 31.2 Å². The Balaban J connectivity index is 1.19. The van der Waals surface area contributed by atoms with Gasteiger partial charge in [-0.3, -0.25) is 23.8 Å². The summed E-state index contributed by atoms with van der Waals surface area (Å²) in [5.74, 6) is 0.499. The van der Waals surface area contributed by atoms with Gasteiger partial charge in [-0.25, -0.2) is 14.9 Å². The van der Waals surface area contributed by atoms with Gasteiger partial charge in [-0.05, 0) is 42.1 Å². The maximum Gasteiger partial charge on any atom is 0.259 e. The van der Waals surface area contributed by atoms with Crippen molar-refractivity contribution in [1.82, 2.24) is 19.6 Å². The molecular weight excluding hydrogens is 556 g/mol. The normalized spacial score (nSPS) is 16.1. The lowest BCUT2D eigenvalue weighted by atomic mass is 10.1. The second-order valence-electron chi connectivity index (χ2n) is 8.90. The standard InChI is InChI=1S/C27H21ClN6O3S2/c28-16-7-9-22-30-17(12-24(36)33(22)14-16)15-39-27-32-20-6-2-1-5-19(20)25-31-21(26(37)34(25)27)8-10-23(35)29-13-18-4-3-11-38-18/h1-7,9,11-12,14,21H,8,10,13,15H2,(H,29,35). The van der Waals surface area contributed by atoms with Gasteiger partial charge < -0.3 is 5.32 Å². The molecule has 0 bridgehead atoms. The van der Waals surface area contributed by atoms with E-state index in [4.69, 9.17) is 21.6 Å². The van der Waals surface area contributed by atoms with Gasteiger partial charge in [0.2, 0.25) is 5.91 Å². The van der Waals surface area contributed by atoms with Crippen LogP contribution in [0, 0.1) is 0 Å². The van der Waals surface area contributed by atoms with E-state index in [2.05, 4.69) is 10.3 Å². The quantitative estimate of drug-likeness (QED) is 0.351. The maximum absolute atomic E-state index is 13.5. The molecule has 0 saturated carbocycles. The van der Waals surface area contributed by atoms with E-state index >= 15 is 0 Å². The number of aromatic nitrogens is 2. The van der Waals surface area contributed by atoms with Crippen LogP contribution in [0.4, 0.5) is 5.69 Å². The molecule has 2 amide bonds. The number of nitrogens with one attached hydrogen (secondary N) is 1. The van der Waals surface area contributed by atoms with Gasteiger partial charge in [0.25, 0.3) is 11.5 Å². The highest BCUT2D eigenvalue weighted by molar-refractivity contribution is 8.13. The smallest absolute Gasteiger partial charge is 0.259 e. The number of pyridine rings is 1. The molecule has 1 atom stereocenters. The number of thiophene rings is 1. The monoisotopic (exact) mass is 576 g/mol. The van der Waals surface area contributed by atoms with Crippen LogP contribution in [0.25, 0.3) is 5.65 Å². The zero-order chi connectivity index (χ0) is 26.9. The molecule has 2 aliphatic heterocycles. The number of nitrogens with zero attached hydrogens (tertiary/aromatic N) is 5. The highest BCUT2D eigenvalue weighted by Gasteiger charge is 2.41. The summed E-state index contributed by atoms with van der Waals surface area (Å²) >= 11 is 8.90. The van der Waals surface area contributed by atoms with Gasteiger partial charge >= 0.3 is 0 Å². The zero-order valence-corrected chi connectivity index (χ0v) is 22.8. The fourth-order valence-corrected chi connectivity index (χ4v) is 6.08. The lowest BCUT2D eigenvalue weighted by Gasteiger charge is -2.25. The van der Waals surface area contributed by atoms with Crippen LogP contribution in [0.15, 0.2) is 81.0 Å². The topological polar surface area (TPSA) is 108 Å². The van der Waals surface area contributed by atoms with E-state index in [1.54, 1.807) is 23.5 Å². The van der Waals surface area contributed by atoms with E-state index in [1.807, 2.05) is 41.8 Å². The van der Waals surface area contributed by atoms with E-state index in [9.17, 15) is 14.4 Å². The Kier molecular flexibility index (Phi) is 7.03. The number of carbonyl (C=O) groups is 2. The molecule has 9 nitrogen and oxygen atoms in total. The molecule has 0 radical (unpaired) electrons. The number of hydrogen-bond acceptors (Lipinski definition) is 8. The van der Waals surface area contributed by atoms with Crippen molar-refractivity contribution in [3.8, 4) is 0 Å². The lowest BCUT2D eigenvalue weighted by molar-refractivity contribution is -0.125. The molecule has 0 spiro atoms. The lowest BCUT2D eigenvalue weighted by Crippen LogP contribution is -2.41. The SMILES string of the molecule is O=C(CCC1N=C2c3ccccc3N=C(SCc3cc(=O)n4cc(Cl)ccc4n3)N2C1=O)NCc1cccs1. The van der Waals surface area contributed by atoms with E-state index in [0.717, 1.165) is 10.4 Å². The molecule has 4 aromatic rings. The number of hydrogen-bond donors (Lipinski definition) is 1. The Morgan fingerprint density at radius 2 is 2.00 bits per heavy atom. The van der Waals surface area contributed by atoms with Crippen molar-refractivity contribution in [2.24, 2.45) is 9.98 Å². The average molecular weight is 577 g/mol. The predicted molar refractivity (Wildman–Crippen MR) is 154 cm³/mol. The number of rotatable bonds is 7. The molecule has 6 rings (SSSR count). The molecule has 2 aliphatic rings. The van der Waals surface area contributed by atoms with Crippen LogP contribution >= 0.6 is 34.7 Å². The molecule has 3 aromatic heterocycles. The Labute approximate surface area is 236 Å². The Morgan fingerprint density at radius 1 is 1.13 bits per heavy atom. The third kappa shape index (κ3) is 5.25. The summed E-state index contributed by atoms with van der Waals surface area (Å²) in [5.41, 5.74) is 2.26. The first kappa shape index (κ1) is 25.5. The molecule has 1 unspecified atom stereocenters. The van der Waals surface area contributed by atoms with Gasteiger partial charge in [-0.1, -0.05) is 41.6 Å². The number of para-hydroxylation sites is 1. The van der Waals surface area contributed by atoms with Crippen molar-refractivity contribution in [3.05, 3.63) is 97.7 Å². The number of amidine groups is 2. The number of thioether (sulfide) groups is 1. The van der Waals surface area contributed by atoms with Gasteiger partial charge in [0.05, 0.1) is 22.9 Å². The second kappa shape index (κ2) is 10.8. The molecule has 39 heavy (non-hydrogen) atoms. The zero-order valence-electron chi connectivity index (χ0n) is 20.4. The molecule has 0 saturated heterocycles. The summed E-state index contributed by atoms with van der Waals surface area (Å²) in [6.45, 7) is 0.468. The highest BCUT2D eigenvalue weighted by atomic mass is 35.5. The van der Waals surface area contributed by atoms with Gasteiger partial charge in [-0.15, -0.1) is 11.3 Å². The van der Waals surface area contributed by atoms with Crippen LogP contribution in [0.3, 0.4) is 0 Å². The van der Waals surface area contributed by atoms with Crippen molar-refractivity contribution in [1.29, 1.82) is 0 Å². The molecule has 0 aliphatic carbocycles. The number of halogens is 1. The summed E-state index contributed by atoms with van der Waals surface area (Å²) in [6, 6.07) is 15.5. The van der Waals surface area contributed by atoms with Crippen molar-refractivity contribution in [2.75, 3.05) is 0 Å². The number of benzene rings is 1. The molecule has 0 fully saturated rings. The first-order valence-electron chi connectivity index (χ1n) is 12.2. The number of aliphatic imine (C=N–C) groups is 2. The summed E-state index contributed by atoms with van der Waals surface area (Å²) in [5, 5.41) is 5.76. The number of amides is 2. The molecule has 196 valence electrons. The first-order chi connectivity index (χ1) is 19.0. The van der Waals surface area contributed by atoms with Crippen LogP contribution in [0.2, 0.25) is 5.02 Å². The maximum atomic E-state index is 13.5. The third-order valence-corrected chi connectivity index (χ3v) is 8.33. The summed E-state index contributed by atoms with van der Waals surface area (Å²) in [6.07, 6.45) is 2.00. The first-order valence-corrected chi connectivity index (χ1v) is 14.4. The minimum atomic E-state index is -0.683. The van der Waals surface area contributed by atoms with Gasteiger partial charge in [0.15, 0.2) is 5.17 Å². The van der Waals surface area contributed by atoms with Crippen LogP contribution in [-0.4, -0.2) is 43.1 Å². The van der Waals surface area contributed by atoms with E-state index in [0.29, 0.717) is 51.8 Å².